The molecule has 3 rings (SSSR count). The Bertz CT molecular complexity index is 976. The number of nitrogens with one attached hydrogen (secondary N) is 1. The third-order valence-electron chi connectivity index (χ3n) is 3.94. The fourth-order valence-corrected chi connectivity index (χ4v) is 2.53. The molecule has 0 aliphatic rings. The normalized spacial score (nSPS) is 11.1. The van der Waals surface area contributed by atoms with Gasteiger partial charge in [0.25, 0.3) is 0 Å². The van der Waals surface area contributed by atoms with Gasteiger partial charge in [-0.2, -0.15) is 0 Å². The first-order valence-corrected chi connectivity index (χ1v) is 8.04. The van der Waals surface area contributed by atoms with Crippen LogP contribution in [0.2, 0.25) is 0 Å². The van der Waals surface area contributed by atoms with Crippen LogP contribution in [0.4, 0.5) is 10.1 Å². The Balaban J connectivity index is 1.71. The summed E-state index contributed by atoms with van der Waals surface area (Å²) in [4.78, 5) is 24.9. The van der Waals surface area contributed by atoms with Gasteiger partial charge in [-0.25, -0.2) is 19.3 Å². The van der Waals surface area contributed by atoms with Crippen molar-refractivity contribution in [1.82, 2.24) is 19.5 Å². The molecule has 0 unspecified atom stereocenters. The molecule has 132 valence electrons. The molecule has 0 atom stereocenters. The van der Waals surface area contributed by atoms with E-state index in [2.05, 4.69) is 20.3 Å². The van der Waals surface area contributed by atoms with Gasteiger partial charge in [0, 0.05) is 17.3 Å². The van der Waals surface area contributed by atoms with Crippen molar-refractivity contribution in [2.24, 2.45) is 0 Å². The minimum absolute atomic E-state index is 0.343. The lowest BCUT2D eigenvalue weighted by Gasteiger charge is -2.07. The number of hydrogen-bond donors (Lipinski definition) is 1. The van der Waals surface area contributed by atoms with Gasteiger partial charge in [-0.1, -0.05) is 18.2 Å². The summed E-state index contributed by atoms with van der Waals surface area (Å²) in [5.41, 5.74) is 2.67. The second-order valence-corrected chi connectivity index (χ2v) is 5.78. The Labute approximate surface area is 150 Å². The van der Waals surface area contributed by atoms with Crippen molar-refractivity contribution >= 4 is 17.7 Å². The van der Waals surface area contributed by atoms with E-state index in [1.807, 2.05) is 25.3 Å². The molecule has 26 heavy (non-hydrogen) atoms. The molecule has 0 fully saturated rings. The number of imidazole rings is 1. The van der Waals surface area contributed by atoms with E-state index < -0.39 is 5.91 Å². The van der Waals surface area contributed by atoms with Gasteiger partial charge in [0.2, 0.25) is 11.9 Å². The summed E-state index contributed by atoms with van der Waals surface area (Å²) < 4.78 is 15.4. The summed E-state index contributed by atoms with van der Waals surface area (Å²) in [5.74, 6) is 0.506. The molecule has 1 N–H and O–H groups in total. The lowest BCUT2D eigenvalue weighted by molar-refractivity contribution is -0.111. The molecule has 0 aliphatic heterocycles. The van der Waals surface area contributed by atoms with Crippen LogP contribution in [0.5, 0.6) is 0 Å². The highest BCUT2D eigenvalue weighted by atomic mass is 19.1. The van der Waals surface area contributed by atoms with Gasteiger partial charge in [-0.3, -0.25) is 9.36 Å². The summed E-state index contributed by atoms with van der Waals surface area (Å²) in [6.45, 7) is 5.75. The van der Waals surface area contributed by atoms with E-state index >= 15 is 0 Å². The minimum Gasteiger partial charge on any atom is -0.320 e. The maximum Gasteiger partial charge on any atom is 0.248 e. The molecule has 0 aliphatic carbocycles. The third-order valence-corrected chi connectivity index (χ3v) is 3.94. The number of rotatable bonds is 4. The van der Waals surface area contributed by atoms with E-state index in [-0.39, 0.29) is 5.82 Å². The smallest absolute Gasteiger partial charge is 0.248 e. The van der Waals surface area contributed by atoms with Crippen molar-refractivity contribution in [2.45, 2.75) is 20.8 Å². The first-order valence-electron chi connectivity index (χ1n) is 8.04. The van der Waals surface area contributed by atoms with Crippen molar-refractivity contribution in [3.8, 4) is 5.95 Å². The number of amides is 1. The van der Waals surface area contributed by atoms with Crippen LogP contribution in [0, 0.1) is 26.6 Å². The van der Waals surface area contributed by atoms with Gasteiger partial charge >= 0.3 is 0 Å². The van der Waals surface area contributed by atoms with Crippen LogP contribution in [0.15, 0.2) is 42.7 Å². The molecule has 0 radical (unpaired) electrons. The molecule has 3 aromatic rings. The Morgan fingerprint density at radius 3 is 2.46 bits per heavy atom. The lowest BCUT2D eigenvalue weighted by atomic mass is 10.2. The van der Waals surface area contributed by atoms with E-state index in [1.165, 1.54) is 30.6 Å². The standard InChI is InChI=1S/C19H18FN5O/c1-12-13(2)25(14(3)23-12)19-21-10-16(11-22-19)24-18(26)9-8-15-6-4-5-7-17(15)20/h4-11H,1-3H3,(H,24,26)/b9-8+. The third kappa shape index (κ3) is 3.66. The molecule has 6 nitrogen and oxygen atoms in total. The highest BCUT2D eigenvalue weighted by molar-refractivity contribution is 6.01. The van der Waals surface area contributed by atoms with E-state index in [0.717, 1.165) is 17.2 Å². The van der Waals surface area contributed by atoms with Gasteiger partial charge in [-0.15, -0.1) is 0 Å². The second kappa shape index (κ2) is 7.26. The number of benzene rings is 1. The van der Waals surface area contributed by atoms with Crippen molar-refractivity contribution in [3.63, 3.8) is 0 Å². The summed E-state index contributed by atoms with van der Waals surface area (Å²) in [6.07, 6.45) is 5.72. The zero-order chi connectivity index (χ0) is 18.7. The number of hydrogen-bond acceptors (Lipinski definition) is 4. The Morgan fingerprint density at radius 2 is 1.85 bits per heavy atom. The van der Waals surface area contributed by atoms with Crippen molar-refractivity contribution in [1.29, 1.82) is 0 Å². The van der Waals surface area contributed by atoms with Crippen LogP contribution in [-0.4, -0.2) is 25.4 Å². The number of nitrogens with zero attached hydrogens (tertiary/aromatic N) is 4. The van der Waals surface area contributed by atoms with Crippen molar-refractivity contribution in [2.75, 3.05) is 5.32 Å². The zero-order valence-electron chi connectivity index (χ0n) is 14.7. The van der Waals surface area contributed by atoms with Gasteiger partial charge in [0.05, 0.1) is 23.8 Å². The van der Waals surface area contributed by atoms with Crippen LogP contribution in [0.25, 0.3) is 12.0 Å². The van der Waals surface area contributed by atoms with E-state index in [1.54, 1.807) is 18.2 Å². The Hall–Kier alpha value is -3.35. The summed E-state index contributed by atoms with van der Waals surface area (Å²) in [6, 6.07) is 6.23. The summed E-state index contributed by atoms with van der Waals surface area (Å²) in [5, 5.41) is 2.65. The topological polar surface area (TPSA) is 72.7 Å². The molecule has 2 aromatic heterocycles. The minimum atomic E-state index is -0.393. The van der Waals surface area contributed by atoms with Gasteiger partial charge in [0.15, 0.2) is 0 Å². The Morgan fingerprint density at radius 1 is 1.15 bits per heavy atom. The SMILES string of the molecule is Cc1nc(C)n(-c2ncc(NC(=O)/C=C/c3ccccc3F)cn2)c1C. The first-order chi connectivity index (χ1) is 12.5. The maximum absolute atomic E-state index is 13.5. The fourth-order valence-electron chi connectivity index (χ4n) is 2.53. The number of halogens is 1. The molecule has 7 heteroatoms. The number of anilines is 1. The number of carbonyl (C=O) groups is 1. The zero-order valence-corrected chi connectivity index (χ0v) is 14.7. The molecular weight excluding hydrogens is 333 g/mol. The van der Waals surface area contributed by atoms with Gasteiger partial charge < -0.3 is 5.32 Å². The molecule has 2 heterocycles. The molecule has 0 saturated carbocycles. The van der Waals surface area contributed by atoms with E-state index in [0.29, 0.717) is 17.2 Å². The maximum atomic E-state index is 13.5. The van der Waals surface area contributed by atoms with E-state index in [4.69, 9.17) is 0 Å². The quantitative estimate of drug-likeness (QED) is 0.732. The molecule has 0 saturated heterocycles. The highest BCUT2D eigenvalue weighted by Gasteiger charge is 2.11. The molecule has 1 amide bonds. The van der Waals surface area contributed by atoms with Crippen LogP contribution in [0.1, 0.15) is 22.8 Å². The number of aromatic nitrogens is 4. The monoisotopic (exact) mass is 351 g/mol. The Kier molecular flexibility index (Phi) is 4.88. The highest BCUT2D eigenvalue weighted by Crippen LogP contribution is 2.15. The first kappa shape index (κ1) is 17.5. The fraction of sp³-hybridized carbons (Fsp3) is 0.158. The van der Waals surface area contributed by atoms with Crippen LogP contribution in [0.3, 0.4) is 0 Å². The van der Waals surface area contributed by atoms with Crippen LogP contribution < -0.4 is 5.32 Å². The predicted octanol–water partition coefficient (Wildman–Crippen LogP) is 3.38. The van der Waals surface area contributed by atoms with Crippen LogP contribution >= 0.6 is 0 Å². The average molecular weight is 351 g/mol. The van der Waals surface area contributed by atoms with E-state index in [9.17, 15) is 9.18 Å². The second-order valence-electron chi connectivity index (χ2n) is 5.78. The van der Waals surface area contributed by atoms with Crippen LogP contribution in [-0.2, 0) is 4.79 Å². The molecule has 0 spiro atoms. The lowest BCUT2D eigenvalue weighted by Crippen LogP contribution is -2.10. The van der Waals surface area contributed by atoms with Crippen molar-refractivity contribution in [3.05, 3.63) is 71.3 Å². The summed E-state index contributed by atoms with van der Waals surface area (Å²) in [7, 11) is 0. The van der Waals surface area contributed by atoms with Gasteiger partial charge in [-0.05, 0) is 32.9 Å². The van der Waals surface area contributed by atoms with Gasteiger partial charge in [0.1, 0.15) is 11.6 Å². The molecule has 1 aromatic carbocycles. The number of carbonyl (C=O) groups excluding carboxylic acids is 1. The summed E-state index contributed by atoms with van der Waals surface area (Å²) >= 11 is 0. The van der Waals surface area contributed by atoms with Crippen molar-refractivity contribution < 1.29 is 9.18 Å². The average Bonchev–Trinajstić information content (AvgIpc) is 2.87. The predicted molar refractivity (Wildman–Crippen MR) is 97.4 cm³/mol. The largest absolute Gasteiger partial charge is 0.320 e. The molecular formula is C19H18FN5O. The molecule has 0 bridgehead atoms. The number of aryl methyl sites for hydroxylation is 2.